The van der Waals surface area contributed by atoms with E-state index in [0.29, 0.717) is 12.3 Å². The minimum Gasteiger partial charge on any atom is -0.479 e. The van der Waals surface area contributed by atoms with Crippen molar-refractivity contribution in [3.05, 3.63) is 0 Å². The quantitative estimate of drug-likeness (QED) is 0.478. The van der Waals surface area contributed by atoms with Crippen molar-refractivity contribution in [2.45, 2.75) is 4.87 Å². The molecular formula is C5H7NO4S. The molecule has 1 rings (SSSR count). The maximum absolute atomic E-state index is 10.5. The van der Waals surface area contributed by atoms with Crippen molar-refractivity contribution in [2.24, 2.45) is 0 Å². The topological polar surface area (TPSA) is 86.6 Å². The summed E-state index contributed by atoms with van der Waals surface area (Å²) >= 11 is 0.896. The van der Waals surface area contributed by atoms with Crippen LogP contribution in [-0.4, -0.2) is 39.3 Å². The number of aliphatic carboxylic acids is 2. The van der Waals surface area contributed by atoms with E-state index >= 15 is 0 Å². The molecule has 0 spiro atoms. The highest BCUT2D eigenvalue weighted by atomic mass is 32.2. The predicted molar refractivity (Wildman–Crippen MR) is 38.5 cm³/mol. The van der Waals surface area contributed by atoms with Crippen LogP contribution in [0.25, 0.3) is 0 Å². The fourth-order valence-corrected chi connectivity index (χ4v) is 1.81. The molecule has 0 aromatic carbocycles. The molecule has 0 radical (unpaired) electrons. The van der Waals surface area contributed by atoms with Gasteiger partial charge in [0.15, 0.2) is 0 Å². The molecule has 0 bridgehead atoms. The first-order valence-corrected chi connectivity index (χ1v) is 3.94. The monoisotopic (exact) mass is 177 g/mol. The van der Waals surface area contributed by atoms with E-state index < -0.39 is 16.8 Å². The Labute approximate surface area is 66.8 Å². The fourth-order valence-electron chi connectivity index (χ4n) is 0.848. The summed E-state index contributed by atoms with van der Waals surface area (Å²) in [6.45, 7) is 0.420. The van der Waals surface area contributed by atoms with Crippen LogP contribution >= 0.6 is 11.8 Å². The van der Waals surface area contributed by atoms with E-state index in [1.807, 2.05) is 0 Å². The lowest BCUT2D eigenvalue weighted by molar-refractivity contribution is -0.152. The Bertz CT molecular complexity index is 183. The van der Waals surface area contributed by atoms with E-state index in [2.05, 4.69) is 5.32 Å². The summed E-state index contributed by atoms with van der Waals surface area (Å²) in [4.78, 5) is 19.2. The molecule has 62 valence electrons. The largest absolute Gasteiger partial charge is 0.479 e. The number of carboxylic acid groups (broad SMARTS) is 2. The highest BCUT2D eigenvalue weighted by Gasteiger charge is 2.49. The second kappa shape index (κ2) is 2.71. The molecule has 1 saturated heterocycles. The van der Waals surface area contributed by atoms with E-state index in [0.717, 1.165) is 11.8 Å². The summed E-state index contributed by atoms with van der Waals surface area (Å²) in [6.07, 6.45) is 0. The summed E-state index contributed by atoms with van der Waals surface area (Å²) < 4.78 is 0. The van der Waals surface area contributed by atoms with Gasteiger partial charge < -0.3 is 10.2 Å². The van der Waals surface area contributed by atoms with Crippen LogP contribution in [0.3, 0.4) is 0 Å². The van der Waals surface area contributed by atoms with E-state index in [9.17, 15) is 9.59 Å². The molecule has 0 aromatic heterocycles. The van der Waals surface area contributed by atoms with Crippen molar-refractivity contribution in [2.75, 3.05) is 12.3 Å². The van der Waals surface area contributed by atoms with Crippen LogP contribution in [-0.2, 0) is 9.59 Å². The van der Waals surface area contributed by atoms with Gasteiger partial charge in [-0.15, -0.1) is 11.8 Å². The lowest BCUT2D eigenvalue weighted by atomic mass is 10.3. The molecule has 0 unspecified atom stereocenters. The number of carboxylic acids is 2. The Morgan fingerprint density at radius 3 is 2.09 bits per heavy atom. The first-order chi connectivity index (χ1) is 5.09. The molecule has 1 fully saturated rings. The van der Waals surface area contributed by atoms with Crippen molar-refractivity contribution in [1.82, 2.24) is 5.32 Å². The van der Waals surface area contributed by atoms with Gasteiger partial charge in [0.25, 0.3) is 4.87 Å². The van der Waals surface area contributed by atoms with Gasteiger partial charge in [-0.3, -0.25) is 5.32 Å². The molecule has 6 heteroatoms. The molecular weight excluding hydrogens is 170 g/mol. The van der Waals surface area contributed by atoms with Crippen molar-refractivity contribution < 1.29 is 19.8 Å². The second-order valence-corrected chi connectivity index (χ2v) is 3.38. The Kier molecular flexibility index (Phi) is 2.05. The highest BCUT2D eigenvalue weighted by molar-refractivity contribution is 8.02. The SMILES string of the molecule is O=C(O)C1(C(=O)O)NCCS1. The summed E-state index contributed by atoms with van der Waals surface area (Å²) in [5, 5.41) is 19.6. The lowest BCUT2D eigenvalue weighted by Crippen LogP contribution is -2.52. The van der Waals surface area contributed by atoms with E-state index in [1.165, 1.54) is 0 Å². The zero-order chi connectivity index (χ0) is 8.48. The average molecular weight is 177 g/mol. The lowest BCUT2D eigenvalue weighted by Gasteiger charge is -2.16. The average Bonchev–Trinajstić information content (AvgIpc) is 2.34. The van der Waals surface area contributed by atoms with Crippen LogP contribution in [0, 0.1) is 0 Å². The van der Waals surface area contributed by atoms with Gasteiger partial charge in [0.1, 0.15) is 0 Å². The van der Waals surface area contributed by atoms with Gasteiger partial charge in [0, 0.05) is 12.3 Å². The maximum Gasteiger partial charge on any atom is 0.346 e. The number of rotatable bonds is 2. The van der Waals surface area contributed by atoms with Crippen LogP contribution in [0.2, 0.25) is 0 Å². The molecule has 1 aliphatic rings. The van der Waals surface area contributed by atoms with Crippen LogP contribution in [0.4, 0.5) is 0 Å². The zero-order valence-corrected chi connectivity index (χ0v) is 6.35. The summed E-state index contributed by atoms with van der Waals surface area (Å²) in [5.74, 6) is -2.17. The fraction of sp³-hybridized carbons (Fsp3) is 0.600. The van der Waals surface area contributed by atoms with Crippen molar-refractivity contribution in [1.29, 1.82) is 0 Å². The van der Waals surface area contributed by atoms with Gasteiger partial charge in [-0.1, -0.05) is 0 Å². The molecule has 3 N–H and O–H groups in total. The predicted octanol–water partition coefficient (Wildman–Crippen LogP) is -0.812. The third-order valence-corrected chi connectivity index (χ3v) is 2.73. The molecule has 1 heterocycles. The van der Waals surface area contributed by atoms with Gasteiger partial charge in [0.05, 0.1) is 0 Å². The standard InChI is InChI=1S/C5H7NO4S/c7-3(8)5(4(9)10)6-1-2-11-5/h6H,1-2H2,(H,7,8)(H,9,10). The van der Waals surface area contributed by atoms with Gasteiger partial charge in [-0.25, -0.2) is 9.59 Å². The molecule has 0 aromatic rings. The Morgan fingerprint density at radius 2 is 1.91 bits per heavy atom. The third kappa shape index (κ3) is 1.19. The van der Waals surface area contributed by atoms with E-state index in [4.69, 9.17) is 10.2 Å². The first kappa shape index (κ1) is 8.35. The molecule has 0 saturated carbocycles. The Hall–Kier alpha value is -0.750. The zero-order valence-electron chi connectivity index (χ0n) is 5.53. The van der Waals surface area contributed by atoms with Gasteiger partial charge in [-0.2, -0.15) is 0 Å². The van der Waals surface area contributed by atoms with Crippen molar-refractivity contribution in [3.63, 3.8) is 0 Å². The summed E-state index contributed by atoms with van der Waals surface area (Å²) in [6, 6.07) is 0. The van der Waals surface area contributed by atoms with E-state index in [-0.39, 0.29) is 0 Å². The number of thioether (sulfide) groups is 1. The minimum absolute atomic E-state index is 0.420. The van der Waals surface area contributed by atoms with Gasteiger partial charge in [-0.05, 0) is 0 Å². The number of hydrogen-bond donors (Lipinski definition) is 3. The second-order valence-electron chi connectivity index (χ2n) is 2.07. The van der Waals surface area contributed by atoms with Crippen molar-refractivity contribution in [3.8, 4) is 0 Å². The molecule has 0 atom stereocenters. The first-order valence-electron chi connectivity index (χ1n) is 2.95. The normalized spacial score (nSPS) is 21.5. The highest BCUT2D eigenvalue weighted by Crippen LogP contribution is 2.27. The maximum atomic E-state index is 10.5. The van der Waals surface area contributed by atoms with Crippen LogP contribution in [0.5, 0.6) is 0 Å². The molecule has 5 nitrogen and oxygen atoms in total. The third-order valence-electron chi connectivity index (χ3n) is 1.40. The van der Waals surface area contributed by atoms with Crippen LogP contribution < -0.4 is 5.32 Å². The summed E-state index contributed by atoms with van der Waals surface area (Å²) in [7, 11) is 0. The van der Waals surface area contributed by atoms with Gasteiger partial charge >= 0.3 is 11.9 Å². The summed E-state index contributed by atoms with van der Waals surface area (Å²) in [5.41, 5.74) is 0. The smallest absolute Gasteiger partial charge is 0.346 e. The van der Waals surface area contributed by atoms with Crippen LogP contribution in [0.15, 0.2) is 0 Å². The Morgan fingerprint density at radius 1 is 1.36 bits per heavy atom. The molecule has 0 aliphatic carbocycles. The van der Waals surface area contributed by atoms with Gasteiger partial charge in [0.2, 0.25) is 0 Å². The number of carbonyl (C=O) groups is 2. The van der Waals surface area contributed by atoms with Crippen molar-refractivity contribution >= 4 is 23.7 Å². The molecule has 0 amide bonds. The molecule has 11 heavy (non-hydrogen) atoms. The number of hydrogen-bond acceptors (Lipinski definition) is 4. The number of nitrogens with one attached hydrogen (secondary N) is 1. The Balaban J connectivity index is 2.87. The van der Waals surface area contributed by atoms with E-state index in [1.54, 1.807) is 0 Å². The molecule has 1 aliphatic heterocycles. The minimum atomic E-state index is -1.81. The van der Waals surface area contributed by atoms with Crippen LogP contribution in [0.1, 0.15) is 0 Å².